The predicted octanol–water partition coefficient (Wildman–Crippen LogP) is 4.31. The second kappa shape index (κ2) is 7.67. The summed E-state index contributed by atoms with van der Waals surface area (Å²) in [5.41, 5.74) is 3.40. The number of aromatic hydroxyl groups is 1. The molecule has 0 bridgehead atoms. The van der Waals surface area contributed by atoms with Gasteiger partial charge in [0.05, 0.1) is 17.1 Å². The van der Waals surface area contributed by atoms with Gasteiger partial charge in [-0.05, 0) is 48.2 Å². The minimum atomic E-state index is -1.16. The number of benzene rings is 2. The van der Waals surface area contributed by atoms with Crippen LogP contribution >= 0.6 is 11.3 Å². The SMILES string of the molecule is Cc1nc(CN2CCCC2=O)sc1-c1cccc(-c2ccc(C(=O)O)c(O)c2)c1. The molecule has 29 heavy (non-hydrogen) atoms. The molecule has 4 rings (SSSR count). The van der Waals surface area contributed by atoms with Crippen molar-refractivity contribution in [2.75, 3.05) is 6.54 Å². The Morgan fingerprint density at radius 2 is 1.93 bits per heavy atom. The van der Waals surface area contributed by atoms with E-state index in [-0.39, 0.29) is 17.2 Å². The summed E-state index contributed by atoms with van der Waals surface area (Å²) in [5, 5.41) is 20.0. The van der Waals surface area contributed by atoms with Crippen LogP contribution in [0.15, 0.2) is 42.5 Å². The van der Waals surface area contributed by atoms with E-state index in [1.807, 2.05) is 36.1 Å². The third-order valence-corrected chi connectivity index (χ3v) is 6.22. The second-order valence-corrected chi connectivity index (χ2v) is 8.14. The van der Waals surface area contributed by atoms with Crippen LogP contribution in [-0.4, -0.2) is 38.5 Å². The Morgan fingerprint density at radius 3 is 2.62 bits per heavy atom. The van der Waals surface area contributed by atoms with E-state index in [0.717, 1.165) is 45.2 Å². The predicted molar refractivity (Wildman–Crippen MR) is 111 cm³/mol. The first-order valence-corrected chi connectivity index (χ1v) is 10.1. The number of aromatic nitrogens is 1. The molecule has 1 saturated heterocycles. The molecule has 7 heteroatoms. The summed E-state index contributed by atoms with van der Waals surface area (Å²) in [6.45, 7) is 3.30. The molecule has 1 amide bonds. The van der Waals surface area contributed by atoms with Gasteiger partial charge in [0.15, 0.2) is 0 Å². The van der Waals surface area contributed by atoms with Crippen molar-refractivity contribution >= 4 is 23.2 Å². The number of aromatic carboxylic acids is 1. The van der Waals surface area contributed by atoms with Crippen molar-refractivity contribution in [1.82, 2.24) is 9.88 Å². The summed E-state index contributed by atoms with van der Waals surface area (Å²) in [4.78, 5) is 30.5. The first-order chi connectivity index (χ1) is 13.9. The highest BCUT2D eigenvalue weighted by molar-refractivity contribution is 7.15. The summed E-state index contributed by atoms with van der Waals surface area (Å²) in [5.74, 6) is -1.23. The van der Waals surface area contributed by atoms with Crippen molar-refractivity contribution in [1.29, 1.82) is 0 Å². The average Bonchev–Trinajstić information content (AvgIpc) is 3.27. The monoisotopic (exact) mass is 408 g/mol. The zero-order valence-corrected chi connectivity index (χ0v) is 16.7. The lowest BCUT2D eigenvalue weighted by Crippen LogP contribution is -2.23. The normalized spacial score (nSPS) is 13.8. The number of nitrogens with zero attached hydrogens (tertiary/aromatic N) is 2. The Balaban J connectivity index is 1.63. The number of carboxylic acid groups (broad SMARTS) is 1. The fraction of sp³-hybridized carbons (Fsp3) is 0.227. The molecular formula is C22H20N2O4S. The molecule has 1 aliphatic rings. The Hall–Kier alpha value is -3.19. The van der Waals surface area contributed by atoms with Gasteiger partial charge in [0.25, 0.3) is 0 Å². The van der Waals surface area contributed by atoms with Gasteiger partial charge in [0, 0.05) is 13.0 Å². The van der Waals surface area contributed by atoms with Gasteiger partial charge in [-0.3, -0.25) is 4.79 Å². The number of likely N-dealkylation sites (tertiary alicyclic amines) is 1. The van der Waals surface area contributed by atoms with E-state index in [9.17, 15) is 14.7 Å². The van der Waals surface area contributed by atoms with E-state index < -0.39 is 5.97 Å². The maximum Gasteiger partial charge on any atom is 0.339 e. The van der Waals surface area contributed by atoms with Gasteiger partial charge < -0.3 is 15.1 Å². The van der Waals surface area contributed by atoms with Gasteiger partial charge >= 0.3 is 5.97 Å². The summed E-state index contributed by atoms with van der Waals surface area (Å²) in [6.07, 6.45) is 1.53. The van der Waals surface area contributed by atoms with Crippen LogP contribution in [-0.2, 0) is 11.3 Å². The largest absolute Gasteiger partial charge is 0.507 e. The van der Waals surface area contributed by atoms with Gasteiger partial charge in [-0.25, -0.2) is 9.78 Å². The minimum Gasteiger partial charge on any atom is -0.507 e. The lowest BCUT2D eigenvalue weighted by molar-refractivity contribution is -0.128. The molecule has 2 aromatic carbocycles. The maximum absolute atomic E-state index is 11.9. The molecule has 0 atom stereocenters. The molecule has 1 aromatic heterocycles. The Kier molecular flexibility index (Phi) is 5.07. The second-order valence-electron chi connectivity index (χ2n) is 7.06. The minimum absolute atomic E-state index is 0.121. The zero-order chi connectivity index (χ0) is 20.5. The topological polar surface area (TPSA) is 90.7 Å². The molecule has 1 aliphatic heterocycles. The van der Waals surface area contributed by atoms with Crippen LogP contribution < -0.4 is 0 Å². The molecule has 0 aliphatic carbocycles. The lowest BCUT2D eigenvalue weighted by atomic mass is 10.0. The van der Waals surface area contributed by atoms with Gasteiger partial charge in [0.2, 0.25) is 5.91 Å². The van der Waals surface area contributed by atoms with Crippen LogP contribution in [0.4, 0.5) is 0 Å². The van der Waals surface area contributed by atoms with Crippen LogP contribution in [0.25, 0.3) is 21.6 Å². The van der Waals surface area contributed by atoms with Crippen LogP contribution in [0.3, 0.4) is 0 Å². The molecule has 0 saturated carbocycles. The number of hydrogen-bond donors (Lipinski definition) is 2. The van der Waals surface area contributed by atoms with Crippen molar-refractivity contribution in [3.8, 4) is 27.3 Å². The highest BCUT2D eigenvalue weighted by Crippen LogP contribution is 2.34. The van der Waals surface area contributed by atoms with Crippen molar-refractivity contribution in [3.05, 3.63) is 58.7 Å². The van der Waals surface area contributed by atoms with Crippen molar-refractivity contribution in [3.63, 3.8) is 0 Å². The average molecular weight is 408 g/mol. The molecule has 2 heterocycles. The number of thiazole rings is 1. The first-order valence-electron chi connectivity index (χ1n) is 9.33. The number of phenols is 1. The van der Waals surface area contributed by atoms with Gasteiger partial charge in [-0.2, -0.15) is 0 Å². The number of hydrogen-bond acceptors (Lipinski definition) is 5. The number of rotatable bonds is 5. The number of amides is 1. The Bertz CT molecular complexity index is 1110. The van der Waals surface area contributed by atoms with E-state index >= 15 is 0 Å². The van der Waals surface area contributed by atoms with Gasteiger partial charge in [0.1, 0.15) is 16.3 Å². The highest BCUT2D eigenvalue weighted by atomic mass is 32.1. The van der Waals surface area contributed by atoms with Crippen molar-refractivity contribution in [2.24, 2.45) is 0 Å². The van der Waals surface area contributed by atoms with E-state index in [0.29, 0.717) is 13.0 Å². The number of carbonyl (C=O) groups excluding carboxylic acids is 1. The summed E-state index contributed by atoms with van der Waals surface area (Å²) >= 11 is 1.58. The van der Waals surface area contributed by atoms with E-state index in [2.05, 4.69) is 4.98 Å². The first kappa shape index (κ1) is 19.1. The molecule has 1 fully saturated rings. The Labute approximate surface area is 172 Å². The van der Waals surface area contributed by atoms with Crippen molar-refractivity contribution in [2.45, 2.75) is 26.3 Å². The number of carbonyl (C=O) groups is 2. The highest BCUT2D eigenvalue weighted by Gasteiger charge is 2.22. The molecule has 3 aromatic rings. The standard InChI is InChI=1S/C22H20N2O4S/c1-13-21(29-19(23-13)12-24-9-3-6-20(24)26)16-5-2-4-14(10-16)15-7-8-17(22(27)28)18(25)11-15/h2,4-5,7-8,10-11,25H,3,6,9,12H2,1H3,(H,27,28). The number of carboxylic acids is 1. The fourth-order valence-electron chi connectivity index (χ4n) is 3.55. The molecule has 6 nitrogen and oxygen atoms in total. The van der Waals surface area contributed by atoms with Crippen LogP contribution in [0.2, 0.25) is 0 Å². The van der Waals surface area contributed by atoms with Crippen LogP contribution in [0, 0.1) is 6.92 Å². The molecule has 0 spiro atoms. The fourth-order valence-corrected chi connectivity index (χ4v) is 4.63. The molecular weight excluding hydrogens is 388 g/mol. The van der Waals surface area contributed by atoms with E-state index in [4.69, 9.17) is 5.11 Å². The van der Waals surface area contributed by atoms with Gasteiger partial charge in [-0.15, -0.1) is 11.3 Å². The molecule has 0 unspecified atom stereocenters. The zero-order valence-electron chi connectivity index (χ0n) is 15.9. The maximum atomic E-state index is 11.9. The third kappa shape index (κ3) is 3.86. The summed E-state index contributed by atoms with van der Waals surface area (Å²) in [6, 6.07) is 12.4. The summed E-state index contributed by atoms with van der Waals surface area (Å²) < 4.78 is 0. The molecule has 148 valence electrons. The number of aryl methyl sites for hydroxylation is 1. The van der Waals surface area contributed by atoms with E-state index in [1.54, 1.807) is 17.4 Å². The van der Waals surface area contributed by atoms with Gasteiger partial charge in [-0.1, -0.05) is 24.3 Å². The van der Waals surface area contributed by atoms with Crippen LogP contribution in [0.1, 0.15) is 33.9 Å². The quantitative estimate of drug-likeness (QED) is 0.656. The van der Waals surface area contributed by atoms with E-state index in [1.165, 1.54) is 12.1 Å². The Morgan fingerprint density at radius 1 is 1.17 bits per heavy atom. The smallest absolute Gasteiger partial charge is 0.339 e. The summed E-state index contributed by atoms with van der Waals surface area (Å²) in [7, 11) is 0. The van der Waals surface area contributed by atoms with Crippen molar-refractivity contribution < 1.29 is 19.8 Å². The molecule has 2 N–H and O–H groups in total. The third-order valence-electron chi connectivity index (χ3n) is 5.02. The molecule has 0 radical (unpaired) electrons. The lowest BCUT2D eigenvalue weighted by Gasteiger charge is -2.12. The van der Waals surface area contributed by atoms with Crippen LogP contribution in [0.5, 0.6) is 5.75 Å².